The quantitative estimate of drug-likeness (QED) is 0.527. The Hall–Kier alpha value is 0.230. The first-order valence-corrected chi connectivity index (χ1v) is 4.93. The molecule has 0 unspecified atom stereocenters. The Balaban J connectivity index is 0. The Morgan fingerprint density at radius 1 is 1.50 bits per heavy atom. The van der Waals surface area contributed by atoms with E-state index in [9.17, 15) is 4.55 Å². The van der Waals surface area contributed by atoms with E-state index >= 15 is 0 Å². The molecule has 0 aliphatic carbocycles. The number of nitrogens with two attached hydrogens (primary N) is 1. The summed E-state index contributed by atoms with van der Waals surface area (Å²) in [6, 6.07) is 0. The fourth-order valence-electron chi connectivity index (χ4n) is 0. The minimum absolute atomic E-state index is 0.326. The van der Waals surface area contributed by atoms with Crippen LogP contribution in [0.4, 0.5) is 0 Å². The topological polar surface area (TPSA) is 69.3 Å². The van der Waals surface area contributed by atoms with Gasteiger partial charge < -0.3 is 15.4 Å². The summed E-state index contributed by atoms with van der Waals surface area (Å²) in [6.45, 7) is 3.67. The van der Waals surface area contributed by atoms with Crippen LogP contribution in [0.3, 0.4) is 0 Å². The van der Waals surface area contributed by atoms with Crippen LogP contribution in [0.15, 0.2) is 0 Å². The van der Waals surface area contributed by atoms with Crippen molar-refractivity contribution in [2.75, 3.05) is 19.1 Å². The molecule has 0 saturated heterocycles. The van der Waals surface area contributed by atoms with Crippen LogP contribution in [0.1, 0.15) is 13.8 Å². The van der Waals surface area contributed by atoms with Gasteiger partial charge in [-0.25, -0.2) is 0 Å². The Morgan fingerprint density at radius 3 is 1.60 bits per heavy atom. The lowest BCUT2D eigenvalue weighted by molar-refractivity contribution is 0.0898. The summed E-state index contributed by atoms with van der Waals surface area (Å²) in [4.78, 5) is 0. The minimum atomic E-state index is -0.681. The molecule has 64 valence electrons. The molecule has 0 heterocycles. The summed E-state index contributed by atoms with van der Waals surface area (Å²) in [5, 5.41) is 8.70. The summed E-state index contributed by atoms with van der Waals surface area (Å²) in [5.74, 6) is 0. The van der Waals surface area contributed by atoms with Gasteiger partial charge in [-0.3, -0.25) is 0 Å². The molecule has 0 aliphatic rings. The van der Waals surface area contributed by atoms with Crippen LogP contribution in [0, 0.1) is 0 Å². The van der Waals surface area contributed by atoms with Gasteiger partial charge in [0.2, 0.25) is 0 Å². The molecule has 0 atom stereocenters. The van der Waals surface area contributed by atoms with E-state index in [4.69, 9.17) is 10.8 Å². The van der Waals surface area contributed by atoms with Gasteiger partial charge in [-0.2, -0.15) is 0 Å². The van der Waals surface area contributed by atoms with Crippen molar-refractivity contribution in [2.45, 2.75) is 19.4 Å². The maximum Gasteiger partial charge on any atom is 0.0946 e. The highest BCUT2D eigenvalue weighted by molar-refractivity contribution is 7.89. The van der Waals surface area contributed by atoms with E-state index in [1.54, 1.807) is 26.4 Å². The van der Waals surface area contributed by atoms with Crippen LogP contribution in [0.5, 0.6) is 0 Å². The molecule has 0 radical (unpaired) electrons. The van der Waals surface area contributed by atoms with Crippen LogP contribution in [-0.4, -0.2) is 34.3 Å². The molecule has 0 rings (SSSR count). The molecule has 0 bridgehead atoms. The van der Waals surface area contributed by atoms with Crippen molar-refractivity contribution in [1.29, 1.82) is 0 Å². The van der Waals surface area contributed by atoms with Crippen molar-refractivity contribution in [2.24, 2.45) is 5.73 Å². The molecule has 0 aliphatic heterocycles. The van der Waals surface area contributed by atoms with Gasteiger partial charge in [0.05, 0.1) is 18.1 Å². The van der Waals surface area contributed by atoms with E-state index in [2.05, 4.69) is 0 Å². The zero-order valence-corrected chi connectivity index (χ0v) is 7.86. The molecule has 0 spiro atoms. The lowest BCUT2D eigenvalue weighted by Gasteiger charge is -2.11. The SMILES string of the molecule is CC(C)(O)CN.C[S+](C)[O-]. The summed E-state index contributed by atoms with van der Waals surface area (Å²) < 4.78 is 9.56. The summed E-state index contributed by atoms with van der Waals surface area (Å²) in [5.41, 5.74) is 4.38. The summed E-state index contributed by atoms with van der Waals surface area (Å²) in [7, 11) is 0. The van der Waals surface area contributed by atoms with Gasteiger partial charge in [-0.15, -0.1) is 0 Å². The standard InChI is InChI=1S/C4H11NO.C2H6OS/c1-4(2,6)3-5;1-4(2)3/h6H,3,5H2,1-2H3;1-2H3. The van der Waals surface area contributed by atoms with Crippen LogP contribution >= 0.6 is 0 Å². The third-order valence-electron chi connectivity index (χ3n) is 0.500. The van der Waals surface area contributed by atoms with Gasteiger partial charge in [0, 0.05) is 6.54 Å². The predicted molar refractivity (Wildman–Crippen MR) is 45.3 cm³/mol. The molecular weight excluding hydrogens is 150 g/mol. The first-order valence-electron chi connectivity index (χ1n) is 2.97. The molecule has 0 aromatic rings. The van der Waals surface area contributed by atoms with E-state index < -0.39 is 16.8 Å². The molecular formula is C6H17NO2S. The van der Waals surface area contributed by atoms with Crippen molar-refractivity contribution in [3.63, 3.8) is 0 Å². The highest BCUT2D eigenvalue weighted by atomic mass is 32.2. The van der Waals surface area contributed by atoms with Gasteiger partial charge in [-0.1, -0.05) is 11.2 Å². The lowest BCUT2D eigenvalue weighted by atomic mass is 10.1. The molecule has 0 amide bonds. The van der Waals surface area contributed by atoms with Crippen molar-refractivity contribution in [3.8, 4) is 0 Å². The molecule has 4 heteroatoms. The average molecular weight is 167 g/mol. The van der Waals surface area contributed by atoms with E-state index in [1.807, 2.05) is 0 Å². The Labute approximate surface area is 65.8 Å². The lowest BCUT2D eigenvalue weighted by Crippen LogP contribution is -2.29. The number of aliphatic hydroxyl groups is 1. The third-order valence-corrected chi connectivity index (χ3v) is 0.500. The zero-order chi connectivity index (χ0) is 8.78. The van der Waals surface area contributed by atoms with E-state index in [-0.39, 0.29) is 0 Å². The average Bonchev–Trinajstić information content (AvgIpc) is 1.63. The van der Waals surface area contributed by atoms with E-state index in [0.717, 1.165) is 0 Å². The second kappa shape index (κ2) is 5.97. The predicted octanol–water partition coefficient (Wildman–Crippen LogP) is -0.289. The van der Waals surface area contributed by atoms with Crippen molar-refractivity contribution in [1.82, 2.24) is 0 Å². The Morgan fingerprint density at radius 2 is 1.60 bits per heavy atom. The van der Waals surface area contributed by atoms with E-state index in [1.165, 1.54) is 0 Å². The zero-order valence-electron chi connectivity index (χ0n) is 7.05. The first-order chi connectivity index (χ1) is 4.29. The van der Waals surface area contributed by atoms with Crippen LogP contribution < -0.4 is 5.73 Å². The normalized spacial score (nSPS) is 10.8. The largest absolute Gasteiger partial charge is 0.617 e. The molecule has 0 aromatic carbocycles. The third kappa shape index (κ3) is 41.2. The van der Waals surface area contributed by atoms with Gasteiger partial charge in [-0.05, 0) is 13.8 Å². The monoisotopic (exact) mass is 167 g/mol. The van der Waals surface area contributed by atoms with Gasteiger partial charge in [0.25, 0.3) is 0 Å². The molecule has 0 fully saturated rings. The Bertz CT molecular complexity index is 67.9. The number of hydrogen-bond donors (Lipinski definition) is 2. The van der Waals surface area contributed by atoms with Crippen molar-refractivity contribution >= 4 is 11.2 Å². The molecule has 3 nitrogen and oxygen atoms in total. The molecule has 0 saturated carbocycles. The smallest absolute Gasteiger partial charge is 0.0946 e. The fraction of sp³-hybridized carbons (Fsp3) is 1.00. The first kappa shape index (κ1) is 12.9. The van der Waals surface area contributed by atoms with Crippen LogP contribution in [0.2, 0.25) is 0 Å². The summed E-state index contributed by atoms with van der Waals surface area (Å²) in [6.07, 6.45) is 3.28. The van der Waals surface area contributed by atoms with E-state index in [0.29, 0.717) is 6.54 Å². The van der Waals surface area contributed by atoms with Gasteiger partial charge >= 0.3 is 0 Å². The van der Waals surface area contributed by atoms with Crippen LogP contribution in [-0.2, 0) is 11.2 Å². The second-order valence-corrected chi connectivity index (χ2v) is 4.24. The maximum absolute atomic E-state index is 9.56. The summed E-state index contributed by atoms with van der Waals surface area (Å²) >= 11 is -0.611. The van der Waals surface area contributed by atoms with Crippen molar-refractivity contribution in [3.05, 3.63) is 0 Å². The van der Waals surface area contributed by atoms with Gasteiger partial charge in [0.15, 0.2) is 0 Å². The minimum Gasteiger partial charge on any atom is -0.617 e. The molecule has 3 N–H and O–H groups in total. The number of hydrogen-bond acceptors (Lipinski definition) is 3. The maximum atomic E-state index is 9.56. The fourth-order valence-corrected chi connectivity index (χ4v) is 0. The second-order valence-electron chi connectivity index (χ2n) is 2.76. The van der Waals surface area contributed by atoms with Crippen molar-refractivity contribution < 1.29 is 9.66 Å². The highest BCUT2D eigenvalue weighted by Gasteiger charge is 2.06. The van der Waals surface area contributed by atoms with Gasteiger partial charge in [0.1, 0.15) is 0 Å². The van der Waals surface area contributed by atoms with Crippen LogP contribution in [0.25, 0.3) is 0 Å². The highest BCUT2D eigenvalue weighted by Crippen LogP contribution is 1.93. The molecule has 10 heavy (non-hydrogen) atoms. The number of rotatable bonds is 1. The Kier molecular flexibility index (Phi) is 7.69. The molecule has 0 aromatic heterocycles.